The number of rotatable bonds is 6. The van der Waals surface area contributed by atoms with Gasteiger partial charge in [0.1, 0.15) is 17.3 Å². The Kier molecular flexibility index (Phi) is 6.27. The summed E-state index contributed by atoms with van der Waals surface area (Å²) in [7, 11) is 0. The molecule has 0 saturated heterocycles. The highest BCUT2D eigenvalue weighted by Gasteiger charge is 2.16. The van der Waals surface area contributed by atoms with E-state index in [1.54, 1.807) is 0 Å². The van der Waals surface area contributed by atoms with Crippen LogP contribution in [0, 0.1) is 0 Å². The van der Waals surface area contributed by atoms with Crippen molar-refractivity contribution in [3.8, 4) is 11.5 Å². The molecule has 0 spiro atoms. The molecule has 0 bridgehead atoms. The van der Waals surface area contributed by atoms with Crippen molar-refractivity contribution < 1.29 is 13.9 Å². The van der Waals surface area contributed by atoms with E-state index in [4.69, 9.17) is 10.5 Å². The number of allylic oxidation sites excluding steroid dienone is 3. The van der Waals surface area contributed by atoms with Crippen LogP contribution in [0.3, 0.4) is 0 Å². The molecule has 1 amide bonds. The van der Waals surface area contributed by atoms with Crippen LogP contribution in [0.2, 0.25) is 0 Å². The standard InChI is InChI=1S/C23H23FN2O2/c1-2-17-14-22(25)20(11-12-21(17)24)23(27)26-15-16-7-6-10-19(13-16)28-18-8-4-3-5-9-18/h3-13H,2,14-15,25H2,1H3,(H,26,27). The molecule has 28 heavy (non-hydrogen) atoms. The Morgan fingerprint density at radius 3 is 2.61 bits per heavy atom. The molecule has 0 atom stereocenters. The van der Waals surface area contributed by atoms with Crippen molar-refractivity contribution in [2.75, 3.05) is 0 Å². The summed E-state index contributed by atoms with van der Waals surface area (Å²) in [6, 6.07) is 17.0. The van der Waals surface area contributed by atoms with Crippen LogP contribution in [-0.2, 0) is 11.3 Å². The maximum absolute atomic E-state index is 14.0. The van der Waals surface area contributed by atoms with E-state index in [0.717, 1.165) is 11.3 Å². The smallest absolute Gasteiger partial charge is 0.253 e. The highest BCUT2D eigenvalue weighted by atomic mass is 19.1. The van der Waals surface area contributed by atoms with Crippen molar-refractivity contribution in [2.24, 2.45) is 5.73 Å². The summed E-state index contributed by atoms with van der Waals surface area (Å²) < 4.78 is 19.8. The van der Waals surface area contributed by atoms with Crippen molar-refractivity contribution in [2.45, 2.75) is 26.3 Å². The van der Waals surface area contributed by atoms with Gasteiger partial charge in [0.2, 0.25) is 0 Å². The molecule has 3 N–H and O–H groups in total. The molecule has 0 radical (unpaired) electrons. The molecule has 2 aromatic carbocycles. The van der Waals surface area contributed by atoms with Crippen LogP contribution in [0.15, 0.2) is 89.4 Å². The van der Waals surface area contributed by atoms with Gasteiger partial charge in [-0.3, -0.25) is 4.79 Å². The molecular formula is C23H23FN2O2. The first-order valence-electron chi connectivity index (χ1n) is 9.21. The summed E-state index contributed by atoms with van der Waals surface area (Å²) >= 11 is 0. The van der Waals surface area contributed by atoms with Crippen LogP contribution < -0.4 is 15.8 Å². The summed E-state index contributed by atoms with van der Waals surface area (Å²) in [4.78, 5) is 12.5. The second kappa shape index (κ2) is 9.04. The molecule has 144 valence electrons. The Bertz CT molecular complexity index is 946. The van der Waals surface area contributed by atoms with Gasteiger partial charge in [0.15, 0.2) is 0 Å². The van der Waals surface area contributed by atoms with Crippen molar-refractivity contribution in [3.63, 3.8) is 0 Å². The van der Waals surface area contributed by atoms with Crippen molar-refractivity contribution in [1.29, 1.82) is 0 Å². The zero-order chi connectivity index (χ0) is 19.9. The molecule has 0 fully saturated rings. The molecule has 0 aliphatic heterocycles. The first-order valence-corrected chi connectivity index (χ1v) is 9.21. The van der Waals surface area contributed by atoms with Gasteiger partial charge in [-0.25, -0.2) is 4.39 Å². The van der Waals surface area contributed by atoms with Gasteiger partial charge < -0.3 is 15.8 Å². The van der Waals surface area contributed by atoms with E-state index in [2.05, 4.69) is 5.32 Å². The topological polar surface area (TPSA) is 64.3 Å². The van der Waals surface area contributed by atoms with Crippen LogP contribution in [0.1, 0.15) is 25.3 Å². The Morgan fingerprint density at radius 2 is 1.86 bits per heavy atom. The van der Waals surface area contributed by atoms with Crippen molar-refractivity contribution >= 4 is 5.91 Å². The highest BCUT2D eigenvalue weighted by Crippen LogP contribution is 2.25. The molecule has 1 aliphatic rings. The van der Waals surface area contributed by atoms with E-state index in [0.29, 0.717) is 35.6 Å². The summed E-state index contributed by atoms with van der Waals surface area (Å²) in [5, 5.41) is 2.84. The van der Waals surface area contributed by atoms with Crippen molar-refractivity contribution in [1.82, 2.24) is 5.32 Å². The first kappa shape index (κ1) is 19.4. The second-order valence-electron chi connectivity index (χ2n) is 6.50. The summed E-state index contributed by atoms with van der Waals surface area (Å²) in [6.45, 7) is 2.18. The second-order valence-corrected chi connectivity index (χ2v) is 6.50. The van der Waals surface area contributed by atoms with Gasteiger partial charge in [-0.05, 0) is 54.0 Å². The normalized spacial score (nSPS) is 14.1. The SMILES string of the molecule is CCC1=C(F)C=CC(C(=O)NCc2cccc(Oc3ccccc3)c2)=C(N)C1. The lowest BCUT2D eigenvalue weighted by atomic mass is 10.1. The van der Waals surface area contributed by atoms with E-state index >= 15 is 0 Å². The molecular weight excluding hydrogens is 355 g/mol. The van der Waals surface area contributed by atoms with E-state index in [-0.39, 0.29) is 18.2 Å². The molecule has 0 heterocycles. The Balaban J connectivity index is 1.65. The molecule has 1 aliphatic carbocycles. The molecule has 2 aromatic rings. The summed E-state index contributed by atoms with van der Waals surface area (Å²) in [6.07, 6.45) is 3.57. The van der Waals surface area contributed by atoms with E-state index in [9.17, 15) is 9.18 Å². The summed E-state index contributed by atoms with van der Waals surface area (Å²) in [5.74, 6) is 0.781. The van der Waals surface area contributed by atoms with Gasteiger partial charge in [0.25, 0.3) is 5.91 Å². The fourth-order valence-corrected chi connectivity index (χ4v) is 2.93. The number of hydrogen-bond acceptors (Lipinski definition) is 3. The highest BCUT2D eigenvalue weighted by molar-refractivity contribution is 5.97. The van der Waals surface area contributed by atoms with Gasteiger partial charge in [0, 0.05) is 18.7 Å². The quantitative estimate of drug-likeness (QED) is 0.751. The minimum absolute atomic E-state index is 0.262. The number of carbonyl (C=O) groups is 1. The van der Waals surface area contributed by atoms with Gasteiger partial charge in [-0.1, -0.05) is 37.3 Å². The van der Waals surface area contributed by atoms with E-state index in [1.807, 2.05) is 61.5 Å². The van der Waals surface area contributed by atoms with Gasteiger partial charge in [0.05, 0.1) is 5.57 Å². The molecule has 0 aromatic heterocycles. The fourth-order valence-electron chi connectivity index (χ4n) is 2.93. The van der Waals surface area contributed by atoms with E-state index < -0.39 is 0 Å². The maximum atomic E-state index is 14.0. The summed E-state index contributed by atoms with van der Waals surface area (Å²) in [5.41, 5.74) is 8.20. The molecule has 3 rings (SSSR count). The molecule has 0 unspecified atom stereocenters. The van der Waals surface area contributed by atoms with E-state index in [1.165, 1.54) is 12.2 Å². The number of halogens is 1. The van der Waals surface area contributed by atoms with Crippen molar-refractivity contribution in [3.05, 3.63) is 95.0 Å². The maximum Gasteiger partial charge on any atom is 0.253 e. The predicted molar refractivity (Wildman–Crippen MR) is 108 cm³/mol. The van der Waals surface area contributed by atoms with Crippen LogP contribution in [-0.4, -0.2) is 5.91 Å². The first-order chi connectivity index (χ1) is 13.6. The van der Waals surface area contributed by atoms with Gasteiger partial charge >= 0.3 is 0 Å². The number of amides is 1. The van der Waals surface area contributed by atoms with Gasteiger partial charge in [-0.2, -0.15) is 0 Å². The number of nitrogens with two attached hydrogens (primary N) is 1. The third-order valence-corrected chi connectivity index (χ3v) is 4.49. The largest absolute Gasteiger partial charge is 0.457 e. The average Bonchev–Trinajstić information content (AvgIpc) is 2.85. The van der Waals surface area contributed by atoms with Crippen LogP contribution in [0.5, 0.6) is 11.5 Å². The Morgan fingerprint density at radius 1 is 1.11 bits per heavy atom. The van der Waals surface area contributed by atoms with Crippen LogP contribution in [0.25, 0.3) is 0 Å². The minimum Gasteiger partial charge on any atom is -0.457 e. The Labute approximate surface area is 164 Å². The average molecular weight is 378 g/mol. The number of para-hydroxylation sites is 1. The molecule has 5 heteroatoms. The molecule has 0 saturated carbocycles. The van der Waals surface area contributed by atoms with Crippen LogP contribution in [0.4, 0.5) is 4.39 Å². The lowest BCUT2D eigenvalue weighted by Crippen LogP contribution is -2.26. The zero-order valence-corrected chi connectivity index (χ0v) is 15.7. The number of carbonyl (C=O) groups excluding carboxylic acids is 1. The molecule has 4 nitrogen and oxygen atoms in total. The lowest BCUT2D eigenvalue weighted by Gasteiger charge is -2.11. The number of hydrogen-bond donors (Lipinski definition) is 2. The fraction of sp³-hybridized carbons (Fsp3) is 0.174. The third-order valence-electron chi connectivity index (χ3n) is 4.49. The third kappa shape index (κ3) is 4.88. The monoisotopic (exact) mass is 378 g/mol. The Hall–Kier alpha value is -3.34. The number of nitrogens with one attached hydrogen (secondary N) is 1. The van der Waals surface area contributed by atoms with Gasteiger partial charge in [-0.15, -0.1) is 0 Å². The predicted octanol–water partition coefficient (Wildman–Crippen LogP) is 4.90. The zero-order valence-electron chi connectivity index (χ0n) is 15.7. The minimum atomic E-state index is -0.326. The number of benzene rings is 2. The van der Waals surface area contributed by atoms with Crippen LogP contribution >= 0.6 is 0 Å². The number of ether oxygens (including phenoxy) is 1. The lowest BCUT2D eigenvalue weighted by molar-refractivity contribution is -0.117.